The SMILES string of the molecule is Cc1cccc2nc(C(C)Nc3ncnc4nc[nH]c34)n(C3C=CC=C(N4CCOCC4)C3)c(=O)c12. The Kier molecular flexibility index (Phi) is 5.73. The van der Waals surface area contributed by atoms with Gasteiger partial charge in [-0.05, 0) is 31.6 Å². The Morgan fingerprint density at radius 1 is 1.19 bits per heavy atom. The molecule has 0 saturated carbocycles. The van der Waals surface area contributed by atoms with E-state index in [-0.39, 0.29) is 17.6 Å². The molecule has 2 N–H and O–H groups in total. The van der Waals surface area contributed by atoms with Crippen LogP contribution in [0.5, 0.6) is 0 Å². The first-order chi connectivity index (χ1) is 17.6. The van der Waals surface area contributed by atoms with E-state index in [9.17, 15) is 4.79 Å². The van der Waals surface area contributed by atoms with E-state index in [0.717, 1.165) is 31.9 Å². The Morgan fingerprint density at radius 2 is 2.06 bits per heavy atom. The second kappa shape index (κ2) is 9.19. The molecule has 4 aromatic rings. The van der Waals surface area contributed by atoms with Crippen LogP contribution >= 0.6 is 0 Å². The third kappa shape index (κ3) is 3.93. The molecule has 1 aliphatic carbocycles. The lowest BCUT2D eigenvalue weighted by Crippen LogP contribution is -2.38. The summed E-state index contributed by atoms with van der Waals surface area (Å²) in [4.78, 5) is 37.3. The van der Waals surface area contributed by atoms with Crippen molar-refractivity contribution in [2.75, 3.05) is 31.6 Å². The fourth-order valence-electron chi connectivity index (χ4n) is 5.10. The third-order valence-electron chi connectivity index (χ3n) is 6.92. The van der Waals surface area contributed by atoms with Crippen LogP contribution in [0, 0.1) is 6.92 Å². The van der Waals surface area contributed by atoms with Gasteiger partial charge in [0.15, 0.2) is 11.5 Å². The summed E-state index contributed by atoms with van der Waals surface area (Å²) in [6.07, 6.45) is 10.1. The molecule has 6 rings (SSSR count). The number of fused-ring (bicyclic) bond motifs is 2. The van der Waals surface area contributed by atoms with Crippen LogP contribution < -0.4 is 10.9 Å². The summed E-state index contributed by atoms with van der Waals surface area (Å²) in [6.45, 7) is 7.10. The van der Waals surface area contributed by atoms with Crippen molar-refractivity contribution in [3.05, 3.63) is 76.5 Å². The van der Waals surface area contributed by atoms with Crippen molar-refractivity contribution < 1.29 is 4.74 Å². The highest BCUT2D eigenvalue weighted by atomic mass is 16.5. The standard InChI is InChI=1S/C26H28N8O2/c1-16-5-3-8-20-21(16)26(35)34(19-7-4-6-18(13-19)33-9-11-36-12-10-33)25(32-20)17(2)31-24-22-23(28-14-27-22)29-15-30-24/h3-8,14-15,17,19H,9-13H2,1-2H3,(H2,27,28,29,30,31). The molecule has 2 atom stereocenters. The Morgan fingerprint density at radius 3 is 2.92 bits per heavy atom. The number of aryl methyl sites for hydroxylation is 1. The summed E-state index contributed by atoms with van der Waals surface area (Å²) in [5.74, 6) is 1.27. The number of hydrogen-bond donors (Lipinski definition) is 2. The van der Waals surface area contributed by atoms with Gasteiger partial charge >= 0.3 is 0 Å². The van der Waals surface area contributed by atoms with Gasteiger partial charge in [0.05, 0.1) is 42.5 Å². The average molecular weight is 485 g/mol. The molecule has 10 nitrogen and oxygen atoms in total. The largest absolute Gasteiger partial charge is 0.378 e. The molecule has 1 aliphatic heterocycles. The number of rotatable bonds is 5. The fourth-order valence-corrected chi connectivity index (χ4v) is 5.10. The number of aromatic amines is 1. The predicted molar refractivity (Wildman–Crippen MR) is 138 cm³/mol. The number of morpholine rings is 1. The number of benzene rings is 1. The van der Waals surface area contributed by atoms with Crippen molar-refractivity contribution in [3.8, 4) is 0 Å². The molecule has 184 valence electrons. The monoisotopic (exact) mass is 484 g/mol. The van der Waals surface area contributed by atoms with Crippen LogP contribution in [0.1, 0.15) is 36.8 Å². The molecular formula is C26H28N8O2. The maximum absolute atomic E-state index is 14.0. The van der Waals surface area contributed by atoms with E-state index in [0.29, 0.717) is 40.1 Å². The molecule has 10 heteroatoms. The van der Waals surface area contributed by atoms with Gasteiger partial charge in [0.25, 0.3) is 5.56 Å². The molecule has 0 radical (unpaired) electrons. The van der Waals surface area contributed by atoms with Gasteiger partial charge in [0, 0.05) is 25.2 Å². The zero-order chi connectivity index (χ0) is 24.6. The minimum Gasteiger partial charge on any atom is -0.378 e. The molecule has 2 aliphatic rings. The van der Waals surface area contributed by atoms with Crippen molar-refractivity contribution in [2.24, 2.45) is 0 Å². The summed E-state index contributed by atoms with van der Waals surface area (Å²) < 4.78 is 7.39. The van der Waals surface area contributed by atoms with E-state index in [4.69, 9.17) is 9.72 Å². The van der Waals surface area contributed by atoms with E-state index < -0.39 is 0 Å². The Labute approximate surface area is 207 Å². The lowest BCUT2D eigenvalue weighted by atomic mass is 10.0. The maximum Gasteiger partial charge on any atom is 0.262 e. The second-order valence-corrected chi connectivity index (χ2v) is 9.22. The molecule has 0 spiro atoms. The summed E-state index contributed by atoms with van der Waals surface area (Å²) in [6, 6.07) is 5.33. The number of allylic oxidation sites excluding steroid dienone is 4. The number of hydrogen-bond acceptors (Lipinski definition) is 8. The molecule has 36 heavy (non-hydrogen) atoms. The summed E-state index contributed by atoms with van der Waals surface area (Å²) in [5.41, 5.74) is 4.08. The summed E-state index contributed by atoms with van der Waals surface area (Å²) in [7, 11) is 0. The van der Waals surface area contributed by atoms with Gasteiger partial charge in [0.2, 0.25) is 0 Å². The smallest absolute Gasteiger partial charge is 0.262 e. The number of nitrogens with one attached hydrogen (secondary N) is 2. The maximum atomic E-state index is 14.0. The van der Waals surface area contributed by atoms with E-state index in [2.05, 4.69) is 42.3 Å². The topological polar surface area (TPSA) is 114 Å². The Hall–Kier alpha value is -4.05. The van der Waals surface area contributed by atoms with Crippen molar-refractivity contribution in [2.45, 2.75) is 32.4 Å². The number of ether oxygens (including phenoxy) is 1. The molecule has 4 heterocycles. The predicted octanol–water partition coefficient (Wildman–Crippen LogP) is 3.26. The number of nitrogens with zero attached hydrogens (tertiary/aromatic N) is 6. The van der Waals surface area contributed by atoms with Crippen molar-refractivity contribution in [1.82, 2.24) is 34.4 Å². The van der Waals surface area contributed by atoms with Crippen molar-refractivity contribution >= 4 is 27.9 Å². The third-order valence-corrected chi connectivity index (χ3v) is 6.92. The van der Waals surface area contributed by atoms with E-state index >= 15 is 0 Å². The van der Waals surface area contributed by atoms with Gasteiger partial charge in [-0.25, -0.2) is 19.9 Å². The summed E-state index contributed by atoms with van der Waals surface area (Å²) in [5, 5.41) is 4.09. The zero-order valence-corrected chi connectivity index (χ0v) is 20.3. The second-order valence-electron chi connectivity index (χ2n) is 9.22. The highest BCUT2D eigenvalue weighted by Crippen LogP contribution is 2.30. The molecule has 1 fully saturated rings. The first kappa shape index (κ1) is 22.4. The molecule has 1 saturated heterocycles. The first-order valence-electron chi connectivity index (χ1n) is 12.2. The number of anilines is 1. The fraction of sp³-hybridized carbons (Fsp3) is 0.346. The number of aromatic nitrogens is 6. The van der Waals surface area contributed by atoms with E-state index in [1.165, 1.54) is 12.0 Å². The normalized spacial score (nSPS) is 19.0. The van der Waals surface area contributed by atoms with Crippen LogP contribution in [-0.4, -0.2) is 60.7 Å². The quantitative estimate of drug-likeness (QED) is 0.444. The van der Waals surface area contributed by atoms with Gasteiger partial charge in [-0.1, -0.05) is 24.3 Å². The molecule has 0 bridgehead atoms. The minimum absolute atomic E-state index is 0.0333. The van der Waals surface area contributed by atoms with E-state index in [1.54, 1.807) is 6.33 Å². The highest BCUT2D eigenvalue weighted by molar-refractivity contribution is 5.83. The van der Waals surface area contributed by atoms with Gasteiger partial charge in [-0.2, -0.15) is 0 Å². The lowest BCUT2D eigenvalue weighted by molar-refractivity contribution is 0.0512. The Balaban J connectivity index is 1.43. The van der Waals surface area contributed by atoms with Crippen molar-refractivity contribution in [1.29, 1.82) is 0 Å². The molecule has 1 aromatic carbocycles. The van der Waals surface area contributed by atoms with Crippen LogP contribution in [-0.2, 0) is 4.74 Å². The molecule has 2 unspecified atom stereocenters. The van der Waals surface area contributed by atoms with Gasteiger partial charge in [0.1, 0.15) is 17.7 Å². The highest BCUT2D eigenvalue weighted by Gasteiger charge is 2.26. The van der Waals surface area contributed by atoms with Gasteiger partial charge in [-0.15, -0.1) is 0 Å². The van der Waals surface area contributed by atoms with Gasteiger partial charge in [-0.3, -0.25) is 9.36 Å². The first-order valence-corrected chi connectivity index (χ1v) is 12.2. The summed E-state index contributed by atoms with van der Waals surface area (Å²) >= 11 is 0. The van der Waals surface area contributed by atoms with Crippen LogP contribution in [0.3, 0.4) is 0 Å². The van der Waals surface area contributed by atoms with E-state index in [1.807, 2.05) is 42.7 Å². The van der Waals surface area contributed by atoms with Gasteiger partial charge < -0.3 is 19.9 Å². The van der Waals surface area contributed by atoms with Crippen LogP contribution in [0.25, 0.3) is 22.1 Å². The Bertz CT molecular complexity index is 1550. The average Bonchev–Trinajstić information content (AvgIpc) is 3.39. The lowest BCUT2D eigenvalue weighted by Gasteiger charge is -2.34. The van der Waals surface area contributed by atoms with Crippen LogP contribution in [0.15, 0.2) is 59.6 Å². The molecular weight excluding hydrogens is 456 g/mol. The van der Waals surface area contributed by atoms with Crippen LogP contribution in [0.4, 0.5) is 5.82 Å². The molecule has 3 aromatic heterocycles. The zero-order valence-electron chi connectivity index (χ0n) is 20.3. The van der Waals surface area contributed by atoms with Crippen molar-refractivity contribution in [3.63, 3.8) is 0 Å². The minimum atomic E-state index is -0.310. The molecule has 0 amide bonds. The number of imidazole rings is 1. The number of H-pyrrole nitrogens is 1. The van der Waals surface area contributed by atoms with Crippen LogP contribution in [0.2, 0.25) is 0 Å².